The Morgan fingerprint density at radius 1 is 1.03 bits per heavy atom. The molecule has 4 aromatic rings. The number of hydrogen-bond donors (Lipinski definition) is 1. The first-order valence-corrected chi connectivity index (χ1v) is 12.7. The SMILES string of the molecule is COc1ccc(N(Cc2ccccc2)S(=O)(=O)c2cccc(C(=O)Nc3ncc(C)s3)c2)cc1. The minimum atomic E-state index is -4.00. The topological polar surface area (TPSA) is 88.6 Å². The number of sulfonamides is 1. The number of hydrogen-bond acceptors (Lipinski definition) is 6. The van der Waals surface area contributed by atoms with E-state index < -0.39 is 15.9 Å². The van der Waals surface area contributed by atoms with Crippen molar-refractivity contribution in [1.29, 1.82) is 0 Å². The van der Waals surface area contributed by atoms with E-state index in [1.54, 1.807) is 49.7 Å². The second kappa shape index (κ2) is 10.1. The molecule has 0 radical (unpaired) electrons. The zero-order valence-corrected chi connectivity index (χ0v) is 20.3. The van der Waals surface area contributed by atoms with Gasteiger partial charge in [0.05, 0.1) is 24.2 Å². The highest BCUT2D eigenvalue weighted by Crippen LogP contribution is 2.28. The average molecular weight is 494 g/mol. The molecule has 0 aliphatic heterocycles. The Balaban J connectivity index is 1.69. The molecule has 0 unspecified atom stereocenters. The van der Waals surface area contributed by atoms with Crippen molar-refractivity contribution >= 4 is 38.1 Å². The van der Waals surface area contributed by atoms with Gasteiger partial charge >= 0.3 is 0 Å². The van der Waals surface area contributed by atoms with Crippen LogP contribution in [0, 0.1) is 6.92 Å². The maximum absolute atomic E-state index is 13.8. The molecule has 4 rings (SSSR count). The first-order chi connectivity index (χ1) is 16.4. The Kier molecular flexibility index (Phi) is 6.95. The normalized spacial score (nSPS) is 11.1. The van der Waals surface area contributed by atoms with E-state index in [1.807, 2.05) is 37.3 Å². The number of aromatic nitrogens is 1. The van der Waals surface area contributed by atoms with Gasteiger partial charge in [-0.2, -0.15) is 0 Å². The van der Waals surface area contributed by atoms with E-state index in [0.29, 0.717) is 16.6 Å². The summed E-state index contributed by atoms with van der Waals surface area (Å²) in [4.78, 5) is 17.8. The third kappa shape index (κ3) is 5.27. The monoisotopic (exact) mass is 493 g/mol. The molecule has 0 atom stereocenters. The molecule has 174 valence electrons. The lowest BCUT2D eigenvalue weighted by molar-refractivity contribution is 0.102. The van der Waals surface area contributed by atoms with E-state index in [-0.39, 0.29) is 17.0 Å². The van der Waals surface area contributed by atoms with Gasteiger partial charge in [0.2, 0.25) is 0 Å². The molecule has 0 aliphatic carbocycles. The highest BCUT2D eigenvalue weighted by molar-refractivity contribution is 7.92. The maximum Gasteiger partial charge on any atom is 0.264 e. The van der Waals surface area contributed by atoms with Crippen LogP contribution in [0.25, 0.3) is 0 Å². The van der Waals surface area contributed by atoms with Gasteiger partial charge in [-0.25, -0.2) is 13.4 Å². The summed E-state index contributed by atoms with van der Waals surface area (Å²) in [6, 6.07) is 22.1. The number of anilines is 2. The highest BCUT2D eigenvalue weighted by atomic mass is 32.2. The van der Waals surface area contributed by atoms with Crippen LogP contribution in [0.15, 0.2) is 90.0 Å². The fraction of sp³-hybridized carbons (Fsp3) is 0.120. The van der Waals surface area contributed by atoms with Gasteiger partial charge in [-0.1, -0.05) is 36.4 Å². The van der Waals surface area contributed by atoms with Crippen molar-refractivity contribution in [3.05, 3.63) is 101 Å². The molecular formula is C25H23N3O4S2. The van der Waals surface area contributed by atoms with E-state index in [4.69, 9.17) is 4.74 Å². The molecule has 0 fully saturated rings. The largest absolute Gasteiger partial charge is 0.497 e. The molecule has 0 saturated heterocycles. The van der Waals surface area contributed by atoms with E-state index in [9.17, 15) is 13.2 Å². The number of nitrogens with zero attached hydrogens (tertiary/aromatic N) is 2. The van der Waals surface area contributed by atoms with Gasteiger partial charge in [-0.15, -0.1) is 11.3 Å². The average Bonchev–Trinajstić information content (AvgIpc) is 3.27. The number of nitrogens with one attached hydrogen (secondary N) is 1. The van der Waals surface area contributed by atoms with Crippen molar-refractivity contribution in [2.75, 3.05) is 16.7 Å². The molecule has 0 saturated carbocycles. The summed E-state index contributed by atoms with van der Waals surface area (Å²) in [6.45, 7) is 2.02. The Hall–Kier alpha value is -3.69. The van der Waals surface area contributed by atoms with Crippen LogP contribution in [0.5, 0.6) is 5.75 Å². The van der Waals surface area contributed by atoms with E-state index in [2.05, 4.69) is 10.3 Å². The van der Waals surface area contributed by atoms with E-state index in [1.165, 1.54) is 27.8 Å². The van der Waals surface area contributed by atoms with Crippen LogP contribution in [0.4, 0.5) is 10.8 Å². The third-order valence-electron chi connectivity index (χ3n) is 5.06. The third-order valence-corrected chi connectivity index (χ3v) is 7.65. The van der Waals surface area contributed by atoms with Crippen molar-refractivity contribution in [3.8, 4) is 5.75 Å². The van der Waals surface area contributed by atoms with Gasteiger partial charge in [0.1, 0.15) is 5.75 Å². The zero-order valence-electron chi connectivity index (χ0n) is 18.6. The van der Waals surface area contributed by atoms with Gasteiger partial charge in [0, 0.05) is 16.6 Å². The molecule has 9 heteroatoms. The number of carbonyl (C=O) groups excluding carboxylic acids is 1. The van der Waals surface area contributed by atoms with Crippen LogP contribution < -0.4 is 14.4 Å². The number of benzene rings is 3. The van der Waals surface area contributed by atoms with Gasteiger partial charge < -0.3 is 4.74 Å². The summed E-state index contributed by atoms with van der Waals surface area (Å²) < 4.78 is 34.1. The lowest BCUT2D eigenvalue weighted by Gasteiger charge is -2.25. The van der Waals surface area contributed by atoms with E-state index >= 15 is 0 Å². The number of rotatable bonds is 8. The molecule has 1 aromatic heterocycles. The molecule has 34 heavy (non-hydrogen) atoms. The van der Waals surface area contributed by atoms with Crippen LogP contribution in [0.3, 0.4) is 0 Å². The molecule has 3 aromatic carbocycles. The van der Waals surface area contributed by atoms with Crippen LogP contribution in [-0.2, 0) is 16.6 Å². The predicted octanol–water partition coefficient (Wildman–Crippen LogP) is 5.11. The molecule has 1 N–H and O–H groups in total. The minimum Gasteiger partial charge on any atom is -0.497 e. The molecule has 1 heterocycles. The smallest absolute Gasteiger partial charge is 0.264 e. The molecular weight excluding hydrogens is 470 g/mol. The number of carbonyl (C=O) groups is 1. The molecule has 0 spiro atoms. The van der Waals surface area contributed by atoms with Crippen molar-refractivity contribution in [2.45, 2.75) is 18.4 Å². The Morgan fingerprint density at radius 2 is 1.76 bits per heavy atom. The van der Waals surface area contributed by atoms with Crippen molar-refractivity contribution in [1.82, 2.24) is 4.98 Å². The number of thiazole rings is 1. The number of aryl methyl sites for hydroxylation is 1. The van der Waals surface area contributed by atoms with E-state index in [0.717, 1.165) is 10.4 Å². The van der Waals surface area contributed by atoms with Gasteiger partial charge in [0.25, 0.3) is 15.9 Å². The maximum atomic E-state index is 13.8. The Morgan fingerprint density at radius 3 is 2.41 bits per heavy atom. The summed E-state index contributed by atoms with van der Waals surface area (Å²) in [5.74, 6) is 0.197. The minimum absolute atomic E-state index is 0.0159. The summed E-state index contributed by atoms with van der Waals surface area (Å²) >= 11 is 1.35. The van der Waals surface area contributed by atoms with Crippen LogP contribution in [-0.4, -0.2) is 26.4 Å². The quantitative estimate of drug-likeness (QED) is 0.369. The van der Waals surface area contributed by atoms with Crippen molar-refractivity contribution < 1.29 is 17.9 Å². The Bertz CT molecular complexity index is 1390. The molecule has 1 amide bonds. The number of ether oxygens (including phenoxy) is 1. The summed E-state index contributed by atoms with van der Waals surface area (Å²) in [7, 11) is -2.44. The second-order valence-corrected chi connectivity index (χ2v) is 10.6. The highest BCUT2D eigenvalue weighted by Gasteiger charge is 2.26. The van der Waals surface area contributed by atoms with Crippen LogP contribution >= 0.6 is 11.3 Å². The summed E-state index contributed by atoms with van der Waals surface area (Å²) in [5, 5.41) is 3.18. The zero-order chi connectivity index (χ0) is 24.1. The van der Waals surface area contributed by atoms with Crippen LogP contribution in [0.1, 0.15) is 20.8 Å². The summed E-state index contributed by atoms with van der Waals surface area (Å²) in [6.07, 6.45) is 1.66. The van der Waals surface area contributed by atoms with Crippen molar-refractivity contribution in [3.63, 3.8) is 0 Å². The van der Waals surface area contributed by atoms with Gasteiger partial charge in [-0.05, 0) is 55.0 Å². The second-order valence-electron chi connectivity index (χ2n) is 7.45. The predicted molar refractivity (Wildman–Crippen MR) is 134 cm³/mol. The summed E-state index contributed by atoms with van der Waals surface area (Å²) in [5.41, 5.74) is 1.54. The first-order valence-electron chi connectivity index (χ1n) is 10.4. The number of methoxy groups -OCH3 is 1. The molecule has 0 aliphatic rings. The lowest BCUT2D eigenvalue weighted by Crippen LogP contribution is -2.30. The molecule has 0 bridgehead atoms. The van der Waals surface area contributed by atoms with Crippen LogP contribution in [0.2, 0.25) is 0 Å². The first kappa shape index (κ1) is 23.5. The fourth-order valence-corrected chi connectivity index (χ4v) is 5.48. The standard InChI is InChI=1S/C25H23N3O4S2/c1-18-16-26-25(33-18)27-24(29)20-9-6-10-23(15-20)34(30,31)28(17-19-7-4-3-5-8-19)21-11-13-22(32-2)14-12-21/h3-16H,17H2,1-2H3,(H,26,27,29). The van der Waals surface area contributed by atoms with Gasteiger partial charge in [-0.3, -0.25) is 14.4 Å². The Labute approximate surface area is 202 Å². The molecule has 7 nitrogen and oxygen atoms in total. The van der Waals surface area contributed by atoms with Gasteiger partial charge in [0.15, 0.2) is 5.13 Å². The fourth-order valence-electron chi connectivity index (χ4n) is 3.32. The lowest BCUT2D eigenvalue weighted by atomic mass is 10.2. The van der Waals surface area contributed by atoms with Crippen molar-refractivity contribution in [2.24, 2.45) is 0 Å². The number of amides is 1.